The Bertz CT molecular complexity index is 857. The van der Waals surface area contributed by atoms with Gasteiger partial charge in [-0.05, 0) is 33.5 Å². The first-order valence-electron chi connectivity index (χ1n) is 12.5. The molecule has 0 spiro atoms. The molecule has 0 aromatic carbocycles. The van der Waals surface area contributed by atoms with E-state index in [1.54, 1.807) is 0 Å². The lowest BCUT2D eigenvalue weighted by atomic mass is 9.86. The summed E-state index contributed by atoms with van der Waals surface area (Å²) < 4.78 is 17.8. The highest BCUT2D eigenvalue weighted by atomic mass is 16.5. The van der Waals surface area contributed by atoms with E-state index >= 15 is 0 Å². The second-order valence-electron chi connectivity index (χ2n) is 8.73. The number of ether oxygens (including phenoxy) is 4. The normalized spacial score (nSPS) is 14.7. The highest BCUT2D eigenvalue weighted by Gasteiger charge is 2.31. The lowest BCUT2D eigenvalue weighted by Crippen LogP contribution is -2.56. The zero-order chi connectivity index (χ0) is 32.3. The van der Waals surface area contributed by atoms with Crippen molar-refractivity contribution in [2.75, 3.05) is 28.4 Å². The number of hydrogen-bond donors (Lipinski definition) is 7. The predicted octanol–water partition coefficient (Wildman–Crippen LogP) is -3.65. The monoisotopic (exact) mass is 594 g/mol. The Morgan fingerprint density at radius 3 is 1.46 bits per heavy atom. The van der Waals surface area contributed by atoms with Crippen LogP contribution in [0.1, 0.15) is 39.5 Å². The highest BCUT2D eigenvalue weighted by Crippen LogP contribution is 2.04. The van der Waals surface area contributed by atoms with E-state index in [0.29, 0.717) is 0 Å². The van der Waals surface area contributed by atoms with Gasteiger partial charge < -0.3 is 55.8 Å². The first kappa shape index (κ1) is 39.8. The summed E-state index contributed by atoms with van der Waals surface area (Å²) in [5.41, 5.74) is 5.56. The highest BCUT2D eigenvalue weighted by molar-refractivity contribution is 6.46. The zero-order valence-corrected chi connectivity index (χ0v) is 24.4. The Balaban J connectivity index is 0. The van der Waals surface area contributed by atoms with Gasteiger partial charge in [-0.1, -0.05) is 0 Å². The van der Waals surface area contributed by atoms with Crippen LogP contribution in [0.25, 0.3) is 0 Å². The van der Waals surface area contributed by atoms with E-state index in [0.717, 1.165) is 14.2 Å². The summed E-state index contributed by atoms with van der Waals surface area (Å²) in [4.78, 5) is 68.7. The van der Waals surface area contributed by atoms with Gasteiger partial charge in [0.2, 0.25) is 11.8 Å². The number of nitrogens with two attached hydrogens (primary N) is 1. The summed E-state index contributed by atoms with van der Waals surface area (Å²) in [6.45, 7) is 4.07. The van der Waals surface area contributed by atoms with Crippen molar-refractivity contribution in [2.45, 2.75) is 82.7 Å². The van der Waals surface area contributed by atoms with Crippen LogP contribution in [0.3, 0.4) is 0 Å². The Hall–Kier alpha value is -3.32. The summed E-state index contributed by atoms with van der Waals surface area (Å²) in [6, 6.07) is -4.36. The molecule has 0 aromatic rings. The number of aliphatic hydroxyl groups is 2. The van der Waals surface area contributed by atoms with Gasteiger partial charge in [0, 0.05) is 12.8 Å². The van der Waals surface area contributed by atoms with Gasteiger partial charge in [0.15, 0.2) is 12.1 Å². The third kappa shape index (κ3) is 17.2. The van der Waals surface area contributed by atoms with E-state index in [4.69, 9.17) is 5.73 Å². The number of hydrogen-bond acceptors (Lipinski definition) is 15. The molecule has 0 fully saturated rings. The molecule has 0 aromatic heterocycles. The van der Waals surface area contributed by atoms with E-state index in [9.17, 15) is 44.0 Å². The summed E-state index contributed by atoms with van der Waals surface area (Å²) in [5, 5.41) is 35.4. The molecule has 17 nitrogen and oxygen atoms in total. The fourth-order valence-electron chi connectivity index (χ4n) is 2.97. The zero-order valence-electron chi connectivity index (χ0n) is 24.4. The van der Waals surface area contributed by atoms with Crippen LogP contribution in [-0.4, -0.2) is 123 Å². The van der Waals surface area contributed by atoms with E-state index in [1.807, 2.05) is 0 Å². The minimum Gasteiger partial charge on any atom is -0.469 e. The van der Waals surface area contributed by atoms with E-state index in [1.165, 1.54) is 34.9 Å². The molecule has 6 unspecified atom stereocenters. The van der Waals surface area contributed by atoms with Crippen molar-refractivity contribution in [1.29, 1.82) is 0 Å². The maximum atomic E-state index is 12.2. The largest absolute Gasteiger partial charge is 0.469 e. The van der Waals surface area contributed by atoms with Crippen molar-refractivity contribution < 1.29 is 63.0 Å². The van der Waals surface area contributed by atoms with Gasteiger partial charge in [0.25, 0.3) is 0 Å². The minimum atomic E-state index is -1.24. The van der Waals surface area contributed by atoms with Gasteiger partial charge >= 0.3 is 30.9 Å². The Morgan fingerprint density at radius 1 is 0.732 bits per heavy atom. The third-order valence-corrected chi connectivity index (χ3v) is 5.32. The van der Waals surface area contributed by atoms with Crippen LogP contribution in [0, 0.1) is 0 Å². The predicted molar refractivity (Wildman–Crippen MR) is 142 cm³/mol. The number of amides is 2. The number of carbonyl (C=O) groups excluding carboxylic acids is 6. The first-order chi connectivity index (χ1) is 19.0. The summed E-state index contributed by atoms with van der Waals surface area (Å²) in [6.07, 6.45) is -2.22. The van der Waals surface area contributed by atoms with E-state index in [-0.39, 0.29) is 25.7 Å². The summed E-state index contributed by atoms with van der Waals surface area (Å²) >= 11 is 0. The molecular weight excluding hydrogens is 551 g/mol. The molecule has 0 aliphatic rings. The molecule has 0 saturated carbocycles. The minimum absolute atomic E-state index is 0.0113. The fourth-order valence-corrected chi connectivity index (χ4v) is 2.97. The maximum Gasteiger partial charge on any atom is 0.374 e. The van der Waals surface area contributed by atoms with Crippen molar-refractivity contribution >= 4 is 42.7 Å². The molecule has 0 bridgehead atoms. The molecule has 18 heteroatoms. The van der Waals surface area contributed by atoms with Gasteiger partial charge in [0.1, 0.15) is 0 Å². The average Bonchev–Trinajstić information content (AvgIpc) is 2.93. The van der Waals surface area contributed by atoms with Crippen molar-refractivity contribution in [3.63, 3.8) is 0 Å². The fraction of sp³-hybridized carbons (Fsp3) is 0.739. The molecule has 41 heavy (non-hydrogen) atoms. The molecule has 0 heterocycles. The van der Waals surface area contributed by atoms with Crippen LogP contribution in [0.5, 0.6) is 0 Å². The molecular formula is C23H43BN4O13. The Morgan fingerprint density at radius 2 is 1.12 bits per heavy atom. The average molecular weight is 594 g/mol. The molecule has 0 aliphatic heterocycles. The van der Waals surface area contributed by atoms with Crippen LogP contribution in [-0.2, 0) is 47.7 Å². The number of nitrogens with one attached hydrogen (secondary N) is 3. The lowest BCUT2D eigenvalue weighted by molar-refractivity contribution is -0.148. The molecule has 0 radical (unpaired) electrons. The standard InChI is InChI=1S/C12H23BN2O7.C11H20N2O6/c1-7(16)10(12(19)22-4)14-11(18)8(15-13(2)20)5-6-9(17)21-3;1-6(14)9(11(17)19-3)13-10(16)7(12)4-5-8(15)18-2/h7-8,10,15-16,20H,5-6H2,1-4H3,(H,14,18);6-7,9,14H,4-5,12H2,1-3H3,(H,13,16). The van der Waals surface area contributed by atoms with Crippen LogP contribution in [0.2, 0.25) is 6.82 Å². The van der Waals surface area contributed by atoms with Gasteiger partial charge in [-0.25, -0.2) is 9.59 Å². The van der Waals surface area contributed by atoms with Crippen LogP contribution < -0.4 is 21.6 Å². The molecule has 236 valence electrons. The summed E-state index contributed by atoms with van der Waals surface area (Å²) in [7, 11) is 3.72. The van der Waals surface area contributed by atoms with E-state index < -0.39 is 79.1 Å². The van der Waals surface area contributed by atoms with Gasteiger partial charge in [-0.3, -0.25) is 19.2 Å². The van der Waals surface area contributed by atoms with Crippen LogP contribution >= 0.6 is 0 Å². The number of esters is 4. The molecule has 2 amide bonds. The van der Waals surface area contributed by atoms with Gasteiger partial charge in [-0.2, -0.15) is 0 Å². The number of rotatable bonds is 16. The first-order valence-corrected chi connectivity index (χ1v) is 12.5. The number of methoxy groups -OCH3 is 4. The molecule has 6 atom stereocenters. The van der Waals surface area contributed by atoms with Gasteiger partial charge in [-0.15, -0.1) is 0 Å². The third-order valence-electron chi connectivity index (χ3n) is 5.32. The second kappa shape index (κ2) is 21.4. The topological polar surface area (TPSA) is 262 Å². The molecule has 0 rings (SSSR count). The van der Waals surface area contributed by atoms with Crippen LogP contribution in [0.4, 0.5) is 0 Å². The van der Waals surface area contributed by atoms with Crippen molar-refractivity contribution in [2.24, 2.45) is 5.73 Å². The SMILES string of the molecule is COC(=O)CCC(N)C(=O)NC(C(=O)OC)C(C)O.COC(=O)CCC(NB(C)O)C(=O)NC(C(=O)OC)C(C)O. The maximum absolute atomic E-state index is 12.2. The van der Waals surface area contributed by atoms with Crippen LogP contribution in [0.15, 0.2) is 0 Å². The summed E-state index contributed by atoms with van der Waals surface area (Å²) in [5.74, 6) is -3.87. The van der Waals surface area contributed by atoms with Gasteiger partial charge in [0.05, 0.1) is 52.7 Å². The second-order valence-corrected chi connectivity index (χ2v) is 8.73. The quantitative estimate of drug-likeness (QED) is 0.0516. The van der Waals surface area contributed by atoms with E-state index in [2.05, 4.69) is 34.8 Å². The lowest BCUT2D eigenvalue weighted by Gasteiger charge is -2.23. The van der Waals surface area contributed by atoms with Crippen molar-refractivity contribution in [1.82, 2.24) is 15.9 Å². The van der Waals surface area contributed by atoms with Crippen molar-refractivity contribution in [3.05, 3.63) is 0 Å². The number of carbonyl (C=O) groups is 6. The number of aliphatic hydroxyl groups excluding tert-OH is 2. The molecule has 0 saturated heterocycles. The smallest absolute Gasteiger partial charge is 0.374 e. The molecule has 0 aliphatic carbocycles. The Kier molecular flexibility index (Phi) is 20.8. The Labute approximate surface area is 238 Å². The van der Waals surface area contributed by atoms with Crippen molar-refractivity contribution in [3.8, 4) is 0 Å². The molecule has 8 N–H and O–H groups in total.